The highest BCUT2D eigenvalue weighted by Gasteiger charge is 2.16. The lowest BCUT2D eigenvalue weighted by Crippen LogP contribution is -2.40. The number of morpholine rings is 1. The van der Waals surface area contributed by atoms with E-state index in [9.17, 15) is 10.1 Å². The van der Waals surface area contributed by atoms with Crippen molar-refractivity contribution in [3.8, 4) is 0 Å². The van der Waals surface area contributed by atoms with Gasteiger partial charge in [-0.2, -0.15) is 0 Å². The van der Waals surface area contributed by atoms with Gasteiger partial charge in [0.1, 0.15) is 5.52 Å². The molecule has 2 aromatic rings. The van der Waals surface area contributed by atoms with Crippen LogP contribution in [0.15, 0.2) is 30.5 Å². The van der Waals surface area contributed by atoms with Crippen molar-refractivity contribution < 1.29 is 9.66 Å². The van der Waals surface area contributed by atoms with Crippen molar-refractivity contribution >= 4 is 22.3 Å². The molecule has 7 heteroatoms. The lowest BCUT2D eigenvalue weighted by atomic mass is 10.1. The topological polar surface area (TPSA) is 80.5 Å². The summed E-state index contributed by atoms with van der Waals surface area (Å²) in [6.07, 6.45) is 1.58. The summed E-state index contributed by atoms with van der Waals surface area (Å²) in [5.74, 6) is 0. The normalized spacial score (nSPS) is 16.2. The number of nitro benzene ring substituents is 1. The van der Waals surface area contributed by atoms with Crippen LogP contribution in [0.25, 0.3) is 10.9 Å². The minimum absolute atomic E-state index is 0.0214. The Hall–Kier alpha value is -2.25. The van der Waals surface area contributed by atoms with Gasteiger partial charge in [-0.1, -0.05) is 12.1 Å². The molecule has 0 radical (unpaired) electrons. The van der Waals surface area contributed by atoms with Crippen LogP contribution in [0.2, 0.25) is 0 Å². The molecule has 1 aromatic heterocycles. The number of nitrogens with one attached hydrogen (secondary N) is 1. The second-order valence-electron chi connectivity index (χ2n) is 4.50. The van der Waals surface area contributed by atoms with Crippen molar-refractivity contribution in [3.05, 3.63) is 40.6 Å². The standard InChI is InChI=1S/C13H14N4O3/c18-17(19)12-3-1-2-10-11(4-5-14-13(10)12)15-16-6-8-20-9-7-16/h1-5H,6-9H2,(H,14,15). The number of rotatable bonds is 3. The van der Waals surface area contributed by atoms with E-state index in [2.05, 4.69) is 10.4 Å². The zero-order valence-electron chi connectivity index (χ0n) is 10.8. The highest BCUT2D eigenvalue weighted by Crippen LogP contribution is 2.28. The van der Waals surface area contributed by atoms with Crippen LogP contribution in [0.3, 0.4) is 0 Å². The summed E-state index contributed by atoms with van der Waals surface area (Å²) in [5.41, 5.74) is 4.52. The summed E-state index contributed by atoms with van der Waals surface area (Å²) in [7, 11) is 0. The fourth-order valence-electron chi connectivity index (χ4n) is 2.25. The van der Waals surface area contributed by atoms with Gasteiger partial charge in [-0.05, 0) is 6.07 Å². The molecule has 0 spiro atoms. The van der Waals surface area contributed by atoms with Gasteiger partial charge in [-0.25, -0.2) is 9.99 Å². The van der Waals surface area contributed by atoms with E-state index in [4.69, 9.17) is 4.74 Å². The molecule has 0 aliphatic carbocycles. The average Bonchev–Trinajstić information content (AvgIpc) is 2.48. The van der Waals surface area contributed by atoms with Gasteiger partial charge in [0.05, 0.1) is 23.8 Å². The first-order chi connectivity index (χ1) is 9.75. The number of anilines is 1. The molecule has 3 rings (SSSR count). The number of hydrogen-bond acceptors (Lipinski definition) is 6. The van der Waals surface area contributed by atoms with E-state index < -0.39 is 4.92 Å². The van der Waals surface area contributed by atoms with E-state index in [-0.39, 0.29) is 5.69 Å². The fraction of sp³-hybridized carbons (Fsp3) is 0.308. The molecular formula is C13H14N4O3. The van der Waals surface area contributed by atoms with Crippen LogP contribution in [-0.2, 0) is 4.74 Å². The van der Waals surface area contributed by atoms with Crippen LogP contribution in [0.5, 0.6) is 0 Å². The molecule has 20 heavy (non-hydrogen) atoms. The van der Waals surface area contributed by atoms with Gasteiger partial charge < -0.3 is 10.2 Å². The SMILES string of the molecule is O=[N+]([O-])c1cccc2c(NN3CCOCC3)ccnc12. The van der Waals surface area contributed by atoms with Crippen LogP contribution in [-0.4, -0.2) is 41.2 Å². The molecule has 1 aromatic carbocycles. The maximum atomic E-state index is 11.0. The molecule has 7 nitrogen and oxygen atoms in total. The number of aromatic nitrogens is 1. The predicted molar refractivity (Wildman–Crippen MR) is 74.4 cm³/mol. The van der Waals surface area contributed by atoms with E-state index in [0.717, 1.165) is 24.2 Å². The Morgan fingerprint density at radius 2 is 2.10 bits per heavy atom. The molecule has 0 bridgehead atoms. The number of pyridine rings is 1. The maximum absolute atomic E-state index is 11.0. The summed E-state index contributed by atoms with van der Waals surface area (Å²) in [5, 5.41) is 13.8. The Labute approximate surface area is 115 Å². The summed E-state index contributed by atoms with van der Waals surface area (Å²) in [6.45, 7) is 2.91. The Balaban J connectivity index is 1.98. The molecule has 0 atom stereocenters. The lowest BCUT2D eigenvalue weighted by molar-refractivity contribution is -0.383. The Morgan fingerprint density at radius 1 is 1.30 bits per heavy atom. The fourth-order valence-corrected chi connectivity index (χ4v) is 2.25. The minimum Gasteiger partial charge on any atom is -0.379 e. The van der Waals surface area contributed by atoms with Gasteiger partial charge in [0.15, 0.2) is 0 Å². The minimum atomic E-state index is -0.409. The summed E-state index contributed by atoms with van der Waals surface area (Å²) in [6, 6.07) is 6.79. The van der Waals surface area contributed by atoms with E-state index >= 15 is 0 Å². The first-order valence-electron chi connectivity index (χ1n) is 6.37. The second kappa shape index (κ2) is 5.40. The third kappa shape index (κ3) is 2.40. The number of hydrazine groups is 1. The van der Waals surface area contributed by atoms with E-state index in [0.29, 0.717) is 18.7 Å². The maximum Gasteiger partial charge on any atom is 0.295 e. The number of benzene rings is 1. The van der Waals surface area contributed by atoms with Gasteiger partial charge in [0.25, 0.3) is 5.69 Å². The van der Waals surface area contributed by atoms with Crippen molar-refractivity contribution in [3.63, 3.8) is 0 Å². The van der Waals surface area contributed by atoms with Crippen LogP contribution < -0.4 is 5.43 Å². The van der Waals surface area contributed by atoms with Gasteiger partial charge in [-0.15, -0.1) is 0 Å². The van der Waals surface area contributed by atoms with Gasteiger partial charge in [0.2, 0.25) is 0 Å². The van der Waals surface area contributed by atoms with Crippen molar-refractivity contribution in [2.45, 2.75) is 0 Å². The van der Waals surface area contributed by atoms with Gasteiger partial charge in [0, 0.05) is 30.7 Å². The van der Waals surface area contributed by atoms with Crippen LogP contribution in [0.4, 0.5) is 11.4 Å². The number of fused-ring (bicyclic) bond motifs is 1. The highest BCUT2D eigenvalue weighted by atomic mass is 16.6. The third-order valence-corrected chi connectivity index (χ3v) is 3.24. The zero-order valence-corrected chi connectivity index (χ0v) is 10.8. The Kier molecular flexibility index (Phi) is 3.44. The molecule has 1 saturated heterocycles. The monoisotopic (exact) mass is 274 g/mol. The van der Waals surface area contributed by atoms with E-state index in [1.165, 1.54) is 6.07 Å². The van der Waals surface area contributed by atoms with Crippen molar-refractivity contribution in [2.24, 2.45) is 0 Å². The quantitative estimate of drug-likeness (QED) is 0.679. The number of ether oxygens (including phenoxy) is 1. The summed E-state index contributed by atoms with van der Waals surface area (Å²) in [4.78, 5) is 14.8. The first kappa shape index (κ1) is 12.8. The second-order valence-corrected chi connectivity index (χ2v) is 4.50. The van der Waals surface area contributed by atoms with Crippen LogP contribution in [0.1, 0.15) is 0 Å². The average molecular weight is 274 g/mol. The van der Waals surface area contributed by atoms with E-state index in [1.54, 1.807) is 12.3 Å². The number of hydrogen-bond donors (Lipinski definition) is 1. The molecule has 0 saturated carbocycles. The molecule has 0 unspecified atom stereocenters. The number of para-hydroxylation sites is 1. The summed E-state index contributed by atoms with van der Waals surface area (Å²) < 4.78 is 5.29. The summed E-state index contributed by atoms with van der Waals surface area (Å²) >= 11 is 0. The number of non-ortho nitro benzene ring substituents is 1. The molecule has 1 aliphatic rings. The van der Waals surface area contributed by atoms with Crippen molar-refractivity contribution in [1.82, 2.24) is 9.99 Å². The third-order valence-electron chi connectivity index (χ3n) is 3.24. The van der Waals surface area contributed by atoms with Gasteiger partial charge in [-0.3, -0.25) is 10.1 Å². The predicted octanol–water partition coefficient (Wildman–Crippen LogP) is 1.80. The molecule has 2 heterocycles. The molecule has 1 aliphatic heterocycles. The highest BCUT2D eigenvalue weighted by molar-refractivity contribution is 5.96. The Morgan fingerprint density at radius 3 is 2.85 bits per heavy atom. The van der Waals surface area contributed by atoms with Crippen LogP contribution in [0, 0.1) is 10.1 Å². The molecule has 1 N–H and O–H groups in total. The molecular weight excluding hydrogens is 260 g/mol. The van der Waals surface area contributed by atoms with Gasteiger partial charge >= 0.3 is 0 Å². The Bertz CT molecular complexity index is 641. The molecule has 1 fully saturated rings. The largest absolute Gasteiger partial charge is 0.379 e. The number of nitrogens with zero attached hydrogens (tertiary/aromatic N) is 3. The zero-order chi connectivity index (χ0) is 13.9. The smallest absolute Gasteiger partial charge is 0.295 e. The molecule has 0 amide bonds. The lowest BCUT2D eigenvalue weighted by Gasteiger charge is -2.28. The first-order valence-corrected chi connectivity index (χ1v) is 6.37. The van der Waals surface area contributed by atoms with Crippen molar-refractivity contribution in [1.29, 1.82) is 0 Å². The van der Waals surface area contributed by atoms with Crippen LogP contribution >= 0.6 is 0 Å². The number of nitro groups is 1. The van der Waals surface area contributed by atoms with E-state index in [1.807, 2.05) is 17.1 Å². The molecule has 104 valence electrons. The van der Waals surface area contributed by atoms with Crippen molar-refractivity contribution in [2.75, 3.05) is 31.7 Å².